The Morgan fingerprint density at radius 3 is 0.960 bits per heavy atom. The number of carbonyl (C=O) groups is 2. The van der Waals surface area contributed by atoms with E-state index in [2.05, 4.69) is 10.2 Å². The molecule has 4 rings (SSSR count). The first-order valence-corrected chi connectivity index (χ1v) is 16.6. The number of carboxylic acids is 2. The van der Waals surface area contributed by atoms with Gasteiger partial charge in [0.15, 0.2) is 23.0 Å². The Morgan fingerprint density at radius 1 is 0.460 bits per heavy atom. The lowest BCUT2D eigenvalue weighted by Gasteiger charge is -2.18. The summed E-state index contributed by atoms with van der Waals surface area (Å²) >= 11 is 0. The number of nitrogens with zero attached hydrogens (tertiary/aromatic N) is 2. The molecule has 0 amide bonds. The van der Waals surface area contributed by atoms with E-state index < -0.39 is 23.8 Å². The molecule has 2 aromatic carbocycles. The third-order valence-electron chi connectivity index (χ3n) is 7.55. The summed E-state index contributed by atoms with van der Waals surface area (Å²) in [7, 11) is 0. The van der Waals surface area contributed by atoms with Gasteiger partial charge in [0.05, 0.1) is 102 Å². The first kappa shape index (κ1) is 38.7. The van der Waals surface area contributed by atoms with Gasteiger partial charge < -0.3 is 57.6 Å². The summed E-state index contributed by atoms with van der Waals surface area (Å²) < 4.78 is 57.0. The minimum absolute atomic E-state index is 0.168. The number of benzene rings is 2. The molecule has 16 heteroatoms. The quantitative estimate of drug-likeness (QED) is 0.408. The number of ether oxygens (including phenoxy) is 10. The molecule has 0 saturated carbocycles. The lowest BCUT2D eigenvalue weighted by molar-refractivity contribution is -0.139. The zero-order chi connectivity index (χ0) is 35.6. The van der Waals surface area contributed by atoms with Crippen molar-refractivity contribution in [2.45, 2.75) is 25.7 Å². The monoisotopic (exact) mass is 706 g/mol. The SMILES string of the molecule is CC(C(=O)O)c1cc2c(cc1N=Nc1cc3c(cc1C(C)C(=O)O)OCCOCCOCCOCCO3)OCCOCCOCCOCCO2. The molecule has 0 radical (unpaired) electrons. The molecule has 0 fully saturated rings. The molecule has 2 N–H and O–H groups in total. The van der Waals surface area contributed by atoms with Crippen molar-refractivity contribution in [2.75, 3.05) is 106 Å². The van der Waals surface area contributed by atoms with Gasteiger partial charge >= 0.3 is 11.9 Å². The molecule has 50 heavy (non-hydrogen) atoms. The van der Waals surface area contributed by atoms with E-state index in [0.717, 1.165) is 0 Å². The van der Waals surface area contributed by atoms with E-state index in [9.17, 15) is 19.8 Å². The fourth-order valence-electron chi connectivity index (χ4n) is 4.75. The van der Waals surface area contributed by atoms with Crippen molar-refractivity contribution in [1.82, 2.24) is 0 Å². The summed E-state index contributed by atoms with van der Waals surface area (Å²) in [6.07, 6.45) is 0. The van der Waals surface area contributed by atoms with Crippen molar-refractivity contribution in [3.8, 4) is 23.0 Å². The molecule has 0 bridgehead atoms. The van der Waals surface area contributed by atoms with Crippen molar-refractivity contribution >= 4 is 23.3 Å². The lowest BCUT2D eigenvalue weighted by Crippen LogP contribution is -2.13. The highest BCUT2D eigenvalue weighted by molar-refractivity contribution is 5.80. The highest BCUT2D eigenvalue weighted by Crippen LogP contribution is 2.42. The van der Waals surface area contributed by atoms with Crippen LogP contribution in [0.15, 0.2) is 34.5 Å². The van der Waals surface area contributed by atoms with E-state index >= 15 is 0 Å². The largest absolute Gasteiger partial charge is 0.487 e. The van der Waals surface area contributed by atoms with Crippen LogP contribution in [0.25, 0.3) is 0 Å². The van der Waals surface area contributed by atoms with Gasteiger partial charge in [-0.2, -0.15) is 10.2 Å². The average molecular weight is 707 g/mol. The van der Waals surface area contributed by atoms with E-state index in [-0.39, 0.29) is 64.2 Å². The van der Waals surface area contributed by atoms with Crippen LogP contribution in [0.5, 0.6) is 23.0 Å². The van der Waals surface area contributed by atoms with E-state index in [4.69, 9.17) is 47.4 Å². The molecule has 2 heterocycles. The van der Waals surface area contributed by atoms with Gasteiger partial charge in [-0.25, -0.2) is 0 Å². The molecule has 2 aromatic rings. The van der Waals surface area contributed by atoms with Crippen molar-refractivity contribution in [1.29, 1.82) is 0 Å². The van der Waals surface area contributed by atoms with Gasteiger partial charge in [-0.3, -0.25) is 9.59 Å². The third kappa shape index (κ3) is 12.4. The van der Waals surface area contributed by atoms with Gasteiger partial charge in [0.1, 0.15) is 26.4 Å². The molecule has 2 atom stereocenters. The maximum atomic E-state index is 12.2. The van der Waals surface area contributed by atoms with Gasteiger partial charge in [-0.1, -0.05) is 0 Å². The summed E-state index contributed by atoms with van der Waals surface area (Å²) in [5.74, 6) is -3.04. The predicted octanol–water partition coefficient (Wildman–Crippen LogP) is 4.12. The maximum absolute atomic E-state index is 12.2. The standard InChI is InChI=1S/C34H46N2O14/c1-23(33(37)38)25-19-29-31(49-17-13-45-9-5-41-3-7-43-11-15-47-29)21-27(25)35-36-28-22-32-30(20-26(28)24(2)34(39)40)48-16-12-44-8-4-42-6-10-46-14-18-50-32/h19-24H,3-18H2,1-2H3,(H,37,38)(H,39,40). The highest BCUT2D eigenvalue weighted by atomic mass is 16.6. The van der Waals surface area contributed by atoms with E-state index in [1.54, 1.807) is 24.3 Å². The molecular weight excluding hydrogens is 660 g/mol. The normalized spacial score (nSPS) is 19.2. The fourth-order valence-corrected chi connectivity index (χ4v) is 4.75. The van der Waals surface area contributed by atoms with E-state index in [1.807, 2.05) is 0 Å². The first-order chi connectivity index (χ1) is 24.3. The van der Waals surface area contributed by atoms with Crippen molar-refractivity contribution in [3.63, 3.8) is 0 Å². The van der Waals surface area contributed by atoms with Crippen molar-refractivity contribution in [2.24, 2.45) is 10.2 Å². The third-order valence-corrected chi connectivity index (χ3v) is 7.55. The van der Waals surface area contributed by atoms with Crippen molar-refractivity contribution < 1.29 is 67.2 Å². The Hall–Kier alpha value is -4.06. The second kappa shape index (κ2) is 21.2. The zero-order valence-corrected chi connectivity index (χ0v) is 28.5. The second-order valence-corrected chi connectivity index (χ2v) is 11.1. The van der Waals surface area contributed by atoms with Crippen LogP contribution in [0, 0.1) is 0 Å². The maximum Gasteiger partial charge on any atom is 0.310 e. The van der Waals surface area contributed by atoms with Crippen LogP contribution < -0.4 is 18.9 Å². The molecule has 2 unspecified atom stereocenters. The molecule has 16 nitrogen and oxygen atoms in total. The summed E-state index contributed by atoms with van der Waals surface area (Å²) in [4.78, 5) is 24.4. The number of carboxylic acid groups (broad SMARTS) is 2. The topological polar surface area (TPSA) is 192 Å². The van der Waals surface area contributed by atoms with Gasteiger partial charge in [-0.15, -0.1) is 0 Å². The molecule has 0 saturated heterocycles. The smallest absolute Gasteiger partial charge is 0.310 e. The number of fused-ring (bicyclic) bond motifs is 2. The van der Waals surface area contributed by atoms with Crippen LogP contribution in [0.2, 0.25) is 0 Å². The summed E-state index contributed by atoms with van der Waals surface area (Å²) in [5.41, 5.74) is 0.964. The van der Waals surface area contributed by atoms with Crippen LogP contribution in [0.4, 0.5) is 11.4 Å². The molecular formula is C34H46N2O14. The van der Waals surface area contributed by atoms with Crippen LogP contribution in [0.1, 0.15) is 36.8 Å². The Labute approximate surface area is 290 Å². The Kier molecular flexibility index (Phi) is 16.4. The van der Waals surface area contributed by atoms with Crippen LogP contribution in [-0.4, -0.2) is 128 Å². The van der Waals surface area contributed by atoms with E-state index in [1.165, 1.54) is 13.8 Å². The van der Waals surface area contributed by atoms with Crippen molar-refractivity contribution in [3.05, 3.63) is 35.4 Å². The molecule has 276 valence electrons. The molecule has 0 aliphatic carbocycles. The van der Waals surface area contributed by atoms with Crippen LogP contribution in [-0.2, 0) is 38.0 Å². The van der Waals surface area contributed by atoms with Crippen LogP contribution >= 0.6 is 0 Å². The van der Waals surface area contributed by atoms with Gasteiger partial charge in [-0.05, 0) is 37.1 Å². The van der Waals surface area contributed by atoms with Gasteiger partial charge in [0, 0.05) is 12.1 Å². The lowest BCUT2D eigenvalue weighted by atomic mass is 9.98. The minimum atomic E-state index is -1.10. The molecule has 2 aliphatic heterocycles. The first-order valence-electron chi connectivity index (χ1n) is 16.6. The second-order valence-electron chi connectivity index (χ2n) is 11.1. The fraction of sp³-hybridized carbons (Fsp3) is 0.588. The number of aliphatic carboxylic acids is 2. The molecule has 0 aromatic heterocycles. The summed E-state index contributed by atoms with van der Waals surface area (Å²) in [6, 6.07) is 6.19. The zero-order valence-electron chi connectivity index (χ0n) is 28.5. The van der Waals surface area contributed by atoms with Gasteiger partial charge in [0.25, 0.3) is 0 Å². The van der Waals surface area contributed by atoms with Crippen LogP contribution in [0.3, 0.4) is 0 Å². The average Bonchev–Trinajstić information content (AvgIpc) is 3.12. The van der Waals surface area contributed by atoms with Gasteiger partial charge in [0.2, 0.25) is 0 Å². The predicted molar refractivity (Wildman–Crippen MR) is 176 cm³/mol. The summed E-state index contributed by atoms with van der Waals surface area (Å²) in [6.45, 7) is 7.97. The molecule has 0 spiro atoms. The Bertz CT molecular complexity index is 1300. The molecule has 2 aliphatic rings. The number of hydrogen-bond acceptors (Lipinski definition) is 14. The summed E-state index contributed by atoms with van der Waals surface area (Å²) in [5, 5.41) is 28.8. The minimum Gasteiger partial charge on any atom is -0.487 e. The number of rotatable bonds is 6. The highest BCUT2D eigenvalue weighted by Gasteiger charge is 2.24. The Morgan fingerprint density at radius 2 is 0.700 bits per heavy atom. The number of hydrogen-bond donors (Lipinski definition) is 2. The van der Waals surface area contributed by atoms with E-state index in [0.29, 0.717) is 87.0 Å². The Balaban J connectivity index is 1.72. The number of azo groups is 1.